The van der Waals surface area contributed by atoms with Gasteiger partial charge >= 0.3 is 12.0 Å². The number of aliphatic imine (C=N–C) groups is 1. The zero-order valence-corrected chi connectivity index (χ0v) is 15.6. The highest BCUT2D eigenvalue weighted by Crippen LogP contribution is 2.41. The molecule has 1 aliphatic heterocycles. The Hall–Kier alpha value is -3.28. The van der Waals surface area contributed by atoms with E-state index in [2.05, 4.69) is 10.3 Å². The van der Waals surface area contributed by atoms with Gasteiger partial charge in [-0.2, -0.15) is 5.26 Å². The summed E-state index contributed by atoms with van der Waals surface area (Å²) in [5.41, 5.74) is 0.883. The predicted molar refractivity (Wildman–Crippen MR) is 95.2 cm³/mol. The number of rotatable bonds is 7. The topological polar surface area (TPSA) is 119 Å². The molecule has 0 bridgehead atoms. The van der Waals surface area contributed by atoms with Gasteiger partial charge < -0.3 is 24.3 Å². The van der Waals surface area contributed by atoms with E-state index in [9.17, 15) is 9.59 Å². The molecule has 1 heterocycles. The zero-order chi connectivity index (χ0) is 20.0. The van der Waals surface area contributed by atoms with Crippen molar-refractivity contribution in [3.05, 3.63) is 17.7 Å². The summed E-state index contributed by atoms with van der Waals surface area (Å²) >= 11 is 0. The second kappa shape index (κ2) is 8.89. The number of hydrogen-bond acceptors (Lipinski definition) is 7. The van der Waals surface area contributed by atoms with Crippen molar-refractivity contribution in [2.75, 3.05) is 27.9 Å². The summed E-state index contributed by atoms with van der Waals surface area (Å²) in [7, 11) is 4.43. The molecule has 0 spiro atoms. The number of esters is 1. The van der Waals surface area contributed by atoms with E-state index in [-0.39, 0.29) is 13.0 Å². The van der Waals surface area contributed by atoms with E-state index in [4.69, 9.17) is 24.2 Å². The second-order valence-electron chi connectivity index (χ2n) is 5.69. The Balaban J connectivity index is 2.46. The first-order valence-corrected chi connectivity index (χ1v) is 8.16. The van der Waals surface area contributed by atoms with Crippen LogP contribution in [0.4, 0.5) is 4.79 Å². The van der Waals surface area contributed by atoms with Crippen molar-refractivity contribution in [1.29, 1.82) is 5.26 Å². The van der Waals surface area contributed by atoms with Gasteiger partial charge in [0.25, 0.3) is 0 Å². The monoisotopic (exact) mass is 375 g/mol. The number of ether oxygens (including phenoxy) is 4. The molecule has 0 saturated heterocycles. The number of nitrogens with one attached hydrogen (secondary N) is 1. The third kappa shape index (κ3) is 4.28. The van der Waals surface area contributed by atoms with E-state index in [1.54, 1.807) is 19.1 Å². The smallest absolute Gasteiger partial charge is 0.341 e. The lowest BCUT2D eigenvalue weighted by Gasteiger charge is -2.30. The van der Waals surface area contributed by atoms with E-state index in [1.807, 2.05) is 6.07 Å². The first kappa shape index (κ1) is 20.0. The van der Waals surface area contributed by atoms with Crippen LogP contribution in [0.15, 0.2) is 17.1 Å². The maximum absolute atomic E-state index is 12.6. The number of hydrogen-bond donors (Lipinski definition) is 1. The van der Waals surface area contributed by atoms with Crippen LogP contribution in [0.2, 0.25) is 0 Å². The zero-order valence-electron chi connectivity index (χ0n) is 15.6. The van der Waals surface area contributed by atoms with Crippen molar-refractivity contribution >= 4 is 17.7 Å². The molecule has 0 aromatic heterocycles. The summed E-state index contributed by atoms with van der Waals surface area (Å²) in [5.74, 6) is -0.255. The molecule has 144 valence electrons. The first-order valence-electron chi connectivity index (χ1n) is 8.16. The molecule has 0 radical (unpaired) electrons. The van der Waals surface area contributed by atoms with Crippen LogP contribution in [0.25, 0.3) is 0 Å². The Morgan fingerprint density at radius 3 is 2.37 bits per heavy atom. The van der Waals surface area contributed by atoms with Crippen molar-refractivity contribution in [3.8, 4) is 23.3 Å². The minimum Gasteiger partial charge on any atom is -0.493 e. The lowest BCUT2D eigenvalue weighted by atomic mass is 9.88. The van der Waals surface area contributed by atoms with E-state index in [0.717, 1.165) is 0 Å². The van der Waals surface area contributed by atoms with Crippen LogP contribution in [0.1, 0.15) is 24.9 Å². The van der Waals surface area contributed by atoms with Gasteiger partial charge in [-0.1, -0.05) is 0 Å². The van der Waals surface area contributed by atoms with Gasteiger partial charge in [-0.25, -0.2) is 9.79 Å². The molecule has 0 fully saturated rings. The molecule has 1 aromatic carbocycles. The maximum Gasteiger partial charge on any atom is 0.341 e. The molecule has 2 unspecified atom stereocenters. The first-order chi connectivity index (χ1) is 13.0. The number of amides is 2. The lowest BCUT2D eigenvalue weighted by Crippen LogP contribution is -2.44. The van der Waals surface area contributed by atoms with Crippen molar-refractivity contribution in [2.24, 2.45) is 10.9 Å². The summed E-state index contributed by atoms with van der Waals surface area (Å²) in [6.07, 6.45) is 0.0792. The third-order valence-corrected chi connectivity index (χ3v) is 4.10. The average Bonchev–Trinajstić information content (AvgIpc) is 2.66. The average molecular weight is 375 g/mol. The van der Waals surface area contributed by atoms with Gasteiger partial charge in [0.2, 0.25) is 5.75 Å². The molecule has 9 heteroatoms. The summed E-state index contributed by atoms with van der Waals surface area (Å²) in [6.45, 7) is 1.55. The van der Waals surface area contributed by atoms with Gasteiger partial charge in [-0.05, 0) is 24.6 Å². The summed E-state index contributed by atoms with van der Waals surface area (Å²) in [5, 5.41) is 11.3. The fourth-order valence-corrected chi connectivity index (χ4v) is 2.87. The van der Waals surface area contributed by atoms with Crippen molar-refractivity contribution < 1.29 is 28.5 Å². The molecule has 0 aliphatic carbocycles. The van der Waals surface area contributed by atoms with Crippen LogP contribution >= 0.6 is 0 Å². The number of carbonyl (C=O) groups excluding carboxylic acids is 2. The number of nitriles is 1. The molecule has 2 amide bonds. The fraction of sp³-hybridized carbons (Fsp3) is 0.444. The number of carbonyl (C=O) groups is 2. The fourth-order valence-electron chi connectivity index (χ4n) is 2.87. The molecule has 9 nitrogen and oxygen atoms in total. The molecule has 27 heavy (non-hydrogen) atoms. The van der Waals surface area contributed by atoms with Crippen molar-refractivity contribution in [3.63, 3.8) is 0 Å². The van der Waals surface area contributed by atoms with E-state index >= 15 is 0 Å². The SMILES string of the molecule is COc1cc(C2NC(=O)N=C(C)C2C(=O)OCCC#N)cc(OC)c1OC. The molecular weight excluding hydrogens is 354 g/mol. The second-order valence-corrected chi connectivity index (χ2v) is 5.69. The van der Waals surface area contributed by atoms with Gasteiger partial charge in [0.05, 0.1) is 39.9 Å². The maximum atomic E-state index is 12.6. The summed E-state index contributed by atoms with van der Waals surface area (Å²) < 4.78 is 21.1. The largest absolute Gasteiger partial charge is 0.493 e. The van der Waals surface area contributed by atoms with Gasteiger partial charge in [-0.3, -0.25) is 4.79 Å². The van der Waals surface area contributed by atoms with Crippen LogP contribution in [0.3, 0.4) is 0 Å². The quantitative estimate of drug-likeness (QED) is 0.572. The van der Waals surface area contributed by atoms with E-state index < -0.39 is 24.0 Å². The number of urea groups is 1. The number of nitrogens with zero attached hydrogens (tertiary/aromatic N) is 2. The van der Waals surface area contributed by atoms with Gasteiger partial charge in [0, 0.05) is 5.71 Å². The Bertz CT molecular complexity index is 774. The van der Waals surface area contributed by atoms with Crippen LogP contribution < -0.4 is 19.5 Å². The van der Waals surface area contributed by atoms with E-state index in [1.165, 1.54) is 21.3 Å². The lowest BCUT2D eigenvalue weighted by molar-refractivity contribution is -0.146. The highest BCUT2D eigenvalue weighted by molar-refractivity contribution is 6.08. The van der Waals surface area contributed by atoms with Crippen LogP contribution in [-0.2, 0) is 9.53 Å². The number of benzene rings is 1. The predicted octanol–water partition coefficient (Wildman–Crippen LogP) is 2.01. The molecular formula is C18H21N3O6. The van der Waals surface area contributed by atoms with Gasteiger partial charge in [0.15, 0.2) is 11.5 Å². The van der Waals surface area contributed by atoms with Crippen LogP contribution in [-0.4, -0.2) is 45.6 Å². The van der Waals surface area contributed by atoms with Crippen molar-refractivity contribution in [2.45, 2.75) is 19.4 Å². The molecule has 1 N–H and O–H groups in total. The molecule has 2 rings (SSSR count). The van der Waals surface area contributed by atoms with Crippen LogP contribution in [0.5, 0.6) is 17.2 Å². The molecule has 1 aromatic rings. The minimum atomic E-state index is -0.843. The Morgan fingerprint density at radius 1 is 1.22 bits per heavy atom. The minimum absolute atomic E-state index is 0.0327. The number of methoxy groups -OCH3 is 3. The Kier molecular flexibility index (Phi) is 6.60. The Morgan fingerprint density at radius 2 is 1.85 bits per heavy atom. The highest BCUT2D eigenvalue weighted by Gasteiger charge is 2.38. The van der Waals surface area contributed by atoms with Gasteiger partial charge in [-0.15, -0.1) is 0 Å². The van der Waals surface area contributed by atoms with E-state index in [0.29, 0.717) is 28.5 Å². The Labute approximate surface area is 156 Å². The normalized spacial score (nSPS) is 18.6. The van der Waals surface area contributed by atoms with Crippen LogP contribution in [0, 0.1) is 17.2 Å². The van der Waals surface area contributed by atoms with Gasteiger partial charge in [0.1, 0.15) is 12.5 Å². The molecule has 2 atom stereocenters. The molecule has 0 saturated carbocycles. The summed E-state index contributed by atoms with van der Waals surface area (Å²) in [4.78, 5) is 28.3. The molecule has 1 aliphatic rings. The third-order valence-electron chi connectivity index (χ3n) is 4.10. The summed E-state index contributed by atoms with van der Waals surface area (Å²) in [6, 6.07) is 3.91. The standard InChI is InChI=1S/C18H21N3O6/c1-10-14(17(22)27-7-5-6-19)15(21-18(23)20-10)11-8-12(24-2)16(26-4)13(9-11)25-3/h8-9,14-15H,5,7H2,1-4H3,(H,21,23). The van der Waals surface area contributed by atoms with Crippen molar-refractivity contribution in [1.82, 2.24) is 5.32 Å². The highest BCUT2D eigenvalue weighted by atomic mass is 16.5.